The predicted octanol–water partition coefficient (Wildman–Crippen LogP) is 5.71. The number of nitrogens with zero attached hydrogens (tertiary/aromatic N) is 3. The summed E-state index contributed by atoms with van der Waals surface area (Å²) in [5.41, 5.74) is 6.33. The zero-order chi connectivity index (χ0) is 20.7. The molecule has 0 spiro atoms. The molecule has 5 rings (SSSR count). The van der Waals surface area contributed by atoms with Gasteiger partial charge in [-0.3, -0.25) is 0 Å². The van der Waals surface area contributed by atoms with E-state index in [1.807, 2.05) is 42.6 Å². The Morgan fingerprint density at radius 1 is 0.933 bits per heavy atom. The zero-order valence-corrected chi connectivity index (χ0v) is 16.8. The number of hydrogen-bond acceptors (Lipinski definition) is 3. The first-order chi connectivity index (χ1) is 14.6. The van der Waals surface area contributed by atoms with Crippen LogP contribution in [0.2, 0.25) is 0 Å². The Balaban J connectivity index is 1.72. The van der Waals surface area contributed by atoms with Crippen LogP contribution < -0.4 is 4.74 Å². The van der Waals surface area contributed by atoms with Gasteiger partial charge in [-0.2, -0.15) is 0 Å². The molecule has 0 atom stereocenters. The van der Waals surface area contributed by atoms with Gasteiger partial charge in [0.25, 0.3) is 0 Å². The average molecular weight is 397 g/mol. The minimum atomic E-state index is -0.209. The van der Waals surface area contributed by atoms with Gasteiger partial charge in [0.2, 0.25) is 0 Å². The maximum Gasteiger partial charge on any atom is 0.128 e. The second-order valence-corrected chi connectivity index (χ2v) is 7.41. The Morgan fingerprint density at radius 3 is 2.47 bits per heavy atom. The van der Waals surface area contributed by atoms with E-state index in [9.17, 15) is 4.39 Å². The third-order valence-electron chi connectivity index (χ3n) is 5.42. The highest BCUT2D eigenvalue weighted by Gasteiger charge is 2.20. The lowest BCUT2D eigenvalue weighted by molar-refractivity contribution is 0.415. The van der Waals surface area contributed by atoms with Crippen LogP contribution in [0.4, 0.5) is 4.39 Å². The summed E-state index contributed by atoms with van der Waals surface area (Å²) in [5.74, 6) is 0.581. The van der Waals surface area contributed by atoms with Gasteiger partial charge in [-0.15, -0.1) is 10.2 Å². The van der Waals surface area contributed by atoms with Gasteiger partial charge in [-0.05, 0) is 49.4 Å². The van der Waals surface area contributed by atoms with E-state index in [1.165, 1.54) is 6.07 Å². The van der Waals surface area contributed by atoms with E-state index in [1.54, 1.807) is 13.2 Å². The lowest BCUT2D eigenvalue weighted by Crippen LogP contribution is -2.05. The monoisotopic (exact) mass is 397 g/mol. The predicted molar refractivity (Wildman–Crippen MR) is 116 cm³/mol. The van der Waals surface area contributed by atoms with E-state index in [0.29, 0.717) is 12.1 Å². The fourth-order valence-corrected chi connectivity index (χ4v) is 3.86. The number of pyridine rings is 1. The molecule has 0 fully saturated rings. The molecule has 0 aromatic heterocycles. The minimum Gasteiger partial charge on any atom is -0.497 e. The summed E-state index contributed by atoms with van der Waals surface area (Å²) in [6.45, 7) is 2.48. The molecule has 0 aliphatic carbocycles. The van der Waals surface area contributed by atoms with Gasteiger partial charge < -0.3 is 9.30 Å². The quantitative estimate of drug-likeness (QED) is 0.390. The van der Waals surface area contributed by atoms with E-state index in [-0.39, 0.29) is 5.82 Å². The minimum absolute atomic E-state index is 0.209. The van der Waals surface area contributed by atoms with Crippen molar-refractivity contribution in [3.05, 3.63) is 89.9 Å². The Labute approximate surface area is 173 Å². The van der Waals surface area contributed by atoms with E-state index in [4.69, 9.17) is 4.74 Å². The molecule has 2 aliphatic heterocycles. The summed E-state index contributed by atoms with van der Waals surface area (Å²) < 4.78 is 21.7. The molecule has 0 radical (unpaired) electrons. The highest BCUT2D eigenvalue weighted by Crippen LogP contribution is 2.37. The SMILES string of the molecule is COc1ccc(-c2nnc3c4cc(C)ccc4n(Cc4ccccc4F)cc2-3)cc1. The number of methoxy groups -OCH3 is 1. The second kappa shape index (κ2) is 7.26. The van der Waals surface area contributed by atoms with E-state index in [0.717, 1.165) is 44.7 Å². The van der Waals surface area contributed by atoms with Crippen LogP contribution in [0.15, 0.2) is 72.9 Å². The number of ether oxygens (including phenoxy) is 1. The lowest BCUT2D eigenvalue weighted by Gasteiger charge is -2.16. The molecule has 30 heavy (non-hydrogen) atoms. The Bertz CT molecular complexity index is 1320. The van der Waals surface area contributed by atoms with Crippen LogP contribution in [0.3, 0.4) is 0 Å². The van der Waals surface area contributed by atoms with Crippen molar-refractivity contribution < 1.29 is 9.13 Å². The van der Waals surface area contributed by atoms with Crippen molar-refractivity contribution in [3.63, 3.8) is 0 Å². The molecule has 5 heteroatoms. The van der Waals surface area contributed by atoms with Gasteiger partial charge in [0.05, 0.1) is 19.2 Å². The molecule has 2 heterocycles. The maximum absolute atomic E-state index is 14.4. The van der Waals surface area contributed by atoms with Gasteiger partial charge in [-0.25, -0.2) is 4.39 Å². The molecule has 3 aromatic rings. The Kier molecular flexibility index (Phi) is 4.43. The molecule has 2 aliphatic rings. The van der Waals surface area contributed by atoms with Crippen molar-refractivity contribution in [2.45, 2.75) is 13.5 Å². The molecule has 0 bridgehead atoms. The van der Waals surface area contributed by atoms with Crippen LogP contribution in [-0.4, -0.2) is 21.9 Å². The van der Waals surface area contributed by atoms with E-state index >= 15 is 0 Å². The third kappa shape index (κ3) is 3.08. The van der Waals surface area contributed by atoms with Crippen molar-refractivity contribution in [2.75, 3.05) is 7.11 Å². The largest absolute Gasteiger partial charge is 0.497 e. The smallest absolute Gasteiger partial charge is 0.128 e. The Hall–Kier alpha value is -3.73. The van der Waals surface area contributed by atoms with Crippen molar-refractivity contribution >= 4 is 10.9 Å². The molecule has 0 saturated carbocycles. The first kappa shape index (κ1) is 18.3. The highest BCUT2D eigenvalue weighted by atomic mass is 19.1. The topological polar surface area (TPSA) is 39.9 Å². The van der Waals surface area contributed by atoms with Gasteiger partial charge in [0, 0.05) is 28.3 Å². The molecular formula is C25H20FN3O. The first-order valence-electron chi connectivity index (χ1n) is 9.78. The van der Waals surface area contributed by atoms with E-state index < -0.39 is 0 Å². The maximum atomic E-state index is 14.4. The first-order valence-corrected chi connectivity index (χ1v) is 9.78. The summed E-state index contributed by atoms with van der Waals surface area (Å²) >= 11 is 0. The van der Waals surface area contributed by atoms with Crippen molar-refractivity contribution in [2.24, 2.45) is 0 Å². The van der Waals surface area contributed by atoms with Crippen LogP contribution >= 0.6 is 0 Å². The number of rotatable bonds is 4. The summed E-state index contributed by atoms with van der Waals surface area (Å²) in [6.07, 6.45) is 2.03. The number of aryl methyl sites for hydroxylation is 1. The molecule has 3 aromatic carbocycles. The normalized spacial score (nSPS) is 11.3. The van der Waals surface area contributed by atoms with Crippen LogP contribution in [0, 0.1) is 12.7 Å². The molecular weight excluding hydrogens is 377 g/mol. The Morgan fingerprint density at radius 2 is 1.70 bits per heavy atom. The average Bonchev–Trinajstić information content (AvgIpc) is 3.19. The molecule has 0 N–H and O–H groups in total. The standard InChI is InChI=1S/C25H20FN3O/c1-16-7-12-23-20(13-16)25-21(15-29(23)14-18-5-3-4-6-22(18)26)24(27-28-25)17-8-10-19(30-2)11-9-17/h3-13,15H,14H2,1-2H3. The van der Waals surface area contributed by atoms with Gasteiger partial charge >= 0.3 is 0 Å². The third-order valence-corrected chi connectivity index (χ3v) is 5.42. The number of fused-ring (bicyclic) bond motifs is 3. The van der Waals surface area contributed by atoms with Crippen LogP contribution in [-0.2, 0) is 6.54 Å². The number of aromatic nitrogens is 3. The fourth-order valence-electron chi connectivity index (χ4n) is 3.86. The van der Waals surface area contributed by atoms with Crippen molar-refractivity contribution in [1.29, 1.82) is 0 Å². The van der Waals surface area contributed by atoms with Crippen molar-refractivity contribution in [3.8, 4) is 28.3 Å². The summed E-state index contributed by atoms with van der Waals surface area (Å²) in [4.78, 5) is 0. The lowest BCUT2D eigenvalue weighted by atomic mass is 10.0. The summed E-state index contributed by atoms with van der Waals surface area (Å²) in [5, 5.41) is 10.0. The highest BCUT2D eigenvalue weighted by molar-refractivity contribution is 5.98. The van der Waals surface area contributed by atoms with Gasteiger partial charge in [-0.1, -0.05) is 29.8 Å². The van der Waals surface area contributed by atoms with Crippen LogP contribution in [0.1, 0.15) is 11.1 Å². The number of benzene rings is 3. The fraction of sp³-hybridized carbons (Fsp3) is 0.120. The molecule has 0 amide bonds. The zero-order valence-electron chi connectivity index (χ0n) is 16.8. The molecule has 4 nitrogen and oxygen atoms in total. The van der Waals surface area contributed by atoms with Gasteiger partial charge in [0.15, 0.2) is 0 Å². The van der Waals surface area contributed by atoms with Crippen molar-refractivity contribution in [1.82, 2.24) is 14.8 Å². The van der Waals surface area contributed by atoms with E-state index in [2.05, 4.69) is 39.9 Å². The molecule has 0 saturated heterocycles. The number of hydrogen-bond donors (Lipinski definition) is 0. The van der Waals surface area contributed by atoms with Crippen LogP contribution in [0.5, 0.6) is 5.75 Å². The summed E-state index contributed by atoms with van der Waals surface area (Å²) in [7, 11) is 1.65. The molecule has 0 unspecified atom stereocenters. The number of halogens is 1. The van der Waals surface area contributed by atoms with Gasteiger partial charge in [0.1, 0.15) is 23.0 Å². The molecule has 148 valence electrons. The summed E-state index contributed by atoms with van der Waals surface area (Å²) in [6, 6.07) is 20.9. The second-order valence-electron chi connectivity index (χ2n) is 7.41. The van der Waals surface area contributed by atoms with Crippen LogP contribution in [0.25, 0.3) is 33.4 Å².